The van der Waals surface area contributed by atoms with Crippen molar-refractivity contribution in [2.24, 2.45) is 0 Å². The molecule has 2 aromatic heterocycles. The van der Waals surface area contributed by atoms with E-state index in [0.717, 1.165) is 12.0 Å². The van der Waals surface area contributed by atoms with Crippen LogP contribution in [0.4, 0.5) is 5.69 Å². The van der Waals surface area contributed by atoms with Gasteiger partial charge in [0.25, 0.3) is 0 Å². The first-order valence-electron chi connectivity index (χ1n) is 11.9. The highest BCUT2D eigenvalue weighted by atomic mass is 35.5. The average Bonchev–Trinajstić information content (AvgIpc) is 2.88. The molecule has 0 saturated carbocycles. The van der Waals surface area contributed by atoms with Crippen LogP contribution in [0, 0.1) is 0 Å². The highest BCUT2D eigenvalue weighted by molar-refractivity contribution is 7.89. The Morgan fingerprint density at radius 1 is 1.08 bits per heavy atom. The number of pyridine rings is 1. The number of aryl methyl sites for hydroxylation is 1. The van der Waals surface area contributed by atoms with Gasteiger partial charge in [0.1, 0.15) is 5.69 Å². The maximum Gasteiger partial charge on any atom is 0.316 e. The number of anilines is 1. The number of halogens is 1. The molecule has 1 aliphatic rings. The Kier molecular flexibility index (Phi) is 8.28. The van der Waals surface area contributed by atoms with Crippen molar-refractivity contribution in [2.45, 2.75) is 31.9 Å². The normalized spacial score (nSPS) is 14.8. The molecular weight excluding hydrogens is 502 g/mol. The quantitative estimate of drug-likeness (QED) is 0.391. The fourth-order valence-electron chi connectivity index (χ4n) is 4.06. The molecule has 0 atom stereocenters. The van der Waals surface area contributed by atoms with Crippen LogP contribution in [0.25, 0.3) is 5.69 Å². The Morgan fingerprint density at radius 3 is 2.47 bits per heavy atom. The zero-order chi connectivity index (χ0) is 25.7. The summed E-state index contributed by atoms with van der Waals surface area (Å²) in [5, 5.41) is 4.40. The number of aromatic nitrogens is 3. The van der Waals surface area contributed by atoms with Gasteiger partial charge in [0.2, 0.25) is 15.8 Å². The molecule has 0 N–H and O–H groups in total. The van der Waals surface area contributed by atoms with E-state index in [1.807, 2.05) is 17.0 Å². The van der Waals surface area contributed by atoms with Gasteiger partial charge >= 0.3 is 5.56 Å². The molecule has 1 aliphatic heterocycles. The van der Waals surface area contributed by atoms with Gasteiger partial charge < -0.3 is 9.64 Å². The van der Waals surface area contributed by atoms with Gasteiger partial charge in [-0.2, -0.15) is 14.1 Å². The summed E-state index contributed by atoms with van der Waals surface area (Å²) in [5.74, 6) is 0.194. The number of rotatable bonds is 9. The van der Waals surface area contributed by atoms with Gasteiger partial charge in [-0.15, -0.1) is 0 Å². The molecule has 1 aromatic carbocycles. The number of piperazine rings is 1. The lowest BCUT2D eigenvalue weighted by Crippen LogP contribution is -2.50. The Morgan fingerprint density at radius 2 is 1.81 bits per heavy atom. The summed E-state index contributed by atoms with van der Waals surface area (Å²) < 4.78 is 34.0. The molecular formula is C25H30ClN5O4S. The molecule has 4 rings (SSSR count). The van der Waals surface area contributed by atoms with Gasteiger partial charge in [0, 0.05) is 43.6 Å². The van der Waals surface area contributed by atoms with Crippen LogP contribution in [0.3, 0.4) is 0 Å². The maximum atomic E-state index is 13.5. The summed E-state index contributed by atoms with van der Waals surface area (Å²) in [6, 6.07) is 10.8. The zero-order valence-electron chi connectivity index (χ0n) is 20.4. The van der Waals surface area contributed by atoms with E-state index in [9.17, 15) is 13.2 Å². The van der Waals surface area contributed by atoms with Gasteiger partial charge in [-0.05, 0) is 62.6 Å². The summed E-state index contributed by atoms with van der Waals surface area (Å²) in [6.07, 6.45) is 6.60. The van der Waals surface area contributed by atoms with E-state index < -0.39 is 20.8 Å². The van der Waals surface area contributed by atoms with Gasteiger partial charge in [0.15, 0.2) is 0 Å². The molecule has 1 fully saturated rings. The van der Waals surface area contributed by atoms with E-state index in [4.69, 9.17) is 16.3 Å². The minimum atomic E-state index is -3.34. The molecule has 3 aromatic rings. The Hall–Kier alpha value is -2.95. The fourth-order valence-corrected chi connectivity index (χ4v) is 5.52. The van der Waals surface area contributed by atoms with E-state index in [1.54, 1.807) is 56.7 Å². The summed E-state index contributed by atoms with van der Waals surface area (Å²) in [5.41, 5.74) is 1.84. The first-order valence-corrected chi connectivity index (χ1v) is 13.8. The summed E-state index contributed by atoms with van der Waals surface area (Å²) in [4.78, 5) is 19.5. The molecule has 0 spiro atoms. The van der Waals surface area contributed by atoms with Gasteiger partial charge in [-0.1, -0.05) is 17.7 Å². The SMILES string of the molecule is CC(C)S(=O)(=O)N1CCN(c2cnn(-c3cccc(Cl)c3)c(=O)c2OCCCc2ccncc2)CC1. The number of sulfonamides is 1. The number of nitrogens with zero attached hydrogens (tertiary/aromatic N) is 5. The van der Waals surface area contributed by atoms with Crippen LogP contribution in [-0.4, -0.2) is 65.5 Å². The lowest BCUT2D eigenvalue weighted by molar-refractivity contribution is 0.302. The lowest BCUT2D eigenvalue weighted by atomic mass is 10.1. The number of ether oxygens (including phenoxy) is 1. The minimum Gasteiger partial charge on any atom is -0.486 e. The van der Waals surface area contributed by atoms with E-state index in [1.165, 1.54) is 8.99 Å². The molecule has 1 saturated heterocycles. The van der Waals surface area contributed by atoms with Crippen LogP contribution in [0.15, 0.2) is 59.8 Å². The standard InChI is InChI=1S/C25H30ClN5O4S/c1-19(2)36(33,34)30-14-12-29(13-15-30)23-18-28-31(22-7-3-6-21(26)17-22)25(32)24(23)35-16-4-5-20-8-10-27-11-9-20/h3,6-11,17-19H,4-5,12-16H2,1-2H3. The predicted octanol–water partition coefficient (Wildman–Crippen LogP) is 3.15. The minimum absolute atomic E-state index is 0.194. The van der Waals surface area contributed by atoms with Crippen molar-refractivity contribution in [2.75, 3.05) is 37.7 Å². The van der Waals surface area contributed by atoms with Crippen LogP contribution < -0.4 is 15.2 Å². The second-order valence-corrected chi connectivity index (χ2v) is 11.8. The maximum absolute atomic E-state index is 13.5. The van der Waals surface area contributed by atoms with E-state index in [-0.39, 0.29) is 5.75 Å². The third kappa shape index (κ3) is 5.88. The van der Waals surface area contributed by atoms with Crippen LogP contribution in [-0.2, 0) is 16.4 Å². The molecule has 0 radical (unpaired) electrons. The highest BCUT2D eigenvalue weighted by Crippen LogP contribution is 2.27. The lowest BCUT2D eigenvalue weighted by Gasteiger charge is -2.36. The van der Waals surface area contributed by atoms with Crippen LogP contribution in [0.1, 0.15) is 25.8 Å². The van der Waals surface area contributed by atoms with Gasteiger partial charge in [0.05, 0.1) is 23.7 Å². The largest absolute Gasteiger partial charge is 0.486 e. The molecule has 11 heteroatoms. The molecule has 0 bridgehead atoms. The molecule has 9 nitrogen and oxygen atoms in total. The number of benzene rings is 1. The van der Waals surface area contributed by atoms with Gasteiger partial charge in [-0.3, -0.25) is 9.78 Å². The molecule has 36 heavy (non-hydrogen) atoms. The topological polar surface area (TPSA) is 97.6 Å². The fraction of sp³-hybridized carbons (Fsp3) is 0.400. The number of hydrogen-bond acceptors (Lipinski definition) is 7. The first kappa shape index (κ1) is 26.1. The second kappa shape index (κ2) is 11.4. The van der Waals surface area contributed by atoms with Crippen molar-refractivity contribution in [3.63, 3.8) is 0 Å². The summed E-state index contributed by atoms with van der Waals surface area (Å²) >= 11 is 6.13. The van der Waals surface area contributed by atoms with E-state index in [2.05, 4.69) is 10.1 Å². The zero-order valence-corrected chi connectivity index (χ0v) is 22.0. The van der Waals surface area contributed by atoms with Gasteiger partial charge in [-0.25, -0.2) is 8.42 Å². The average molecular weight is 532 g/mol. The molecule has 0 amide bonds. The summed E-state index contributed by atoms with van der Waals surface area (Å²) in [7, 11) is -3.34. The Bertz CT molecular complexity index is 1340. The smallest absolute Gasteiger partial charge is 0.316 e. The second-order valence-electron chi connectivity index (χ2n) is 8.84. The van der Waals surface area contributed by atoms with Crippen LogP contribution in [0.2, 0.25) is 5.02 Å². The van der Waals surface area contributed by atoms with Crippen molar-refractivity contribution in [1.29, 1.82) is 0 Å². The summed E-state index contributed by atoms with van der Waals surface area (Å²) in [6.45, 7) is 5.23. The first-order chi connectivity index (χ1) is 17.3. The predicted molar refractivity (Wildman–Crippen MR) is 141 cm³/mol. The Labute approximate surface area is 216 Å². The molecule has 0 aliphatic carbocycles. The molecule has 0 unspecified atom stereocenters. The van der Waals surface area contributed by atoms with Crippen LogP contribution >= 0.6 is 11.6 Å². The van der Waals surface area contributed by atoms with Crippen molar-refractivity contribution < 1.29 is 13.2 Å². The third-order valence-electron chi connectivity index (χ3n) is 6.11. The monoisotopic (exact) mass is 531 g/mol. The van der Waals surface area contributed by atoms with E-state index >= 15 is 0 Å². The van der Waals surface area contributed by atoms with E-state index in [0.29, 0.717) is 55.6 Å². The highest BCUT2D eigenvalue weighted by Gasteiger charge is 2.31. The van der Waals surface area contributed by atoms with Crippen molar-refractivity contribution >= 4 is 27.3 Å². The van der Waals surface area contributed by atoms with Crippen molar-refractivity contribution in [1.82, 2.24) is 19.1 Å². The molecule has 3 heterocycles. The Balaban J connectivity index is 1.57. The molecule has 192 valence electrons. The third-order valence-corrected chi connectivity index (χ3v) is 8.62. The number of hydrogen-bond donors (Lipinski definition) is 0. The van der Waals surface area contributed by atoms with Crippen LogP contribution in [0.5, 0.6) is 5.75 Å². The van der Waals surface area contributed by atoms with Crippen molar-refractivity contribution in [3.8, 4) is 11.4 Å². The van der Waals surface area contributed by atoms with Crippen molar-refractivity contribution in [3.05, 3.63) is 75.9 Å².